The molecule has 0 radical (unpaired) electrons. The minimum atomic E-state index is -4.76. The summed E-state index contributed by atoms with van der Waals surface area (Å²) in [5.74, 6) is -0.660. The third-order valence-corrected chi connectivity index (χ3v) is 4.75. The predicted octanol–water partition coefficient (Wildman–Crippen LogP) is 4.30. The lowest BCUT2D eigenvalue weighted by Gasteiger charge is -2.10. The highest BCUT2D eigenvalue weighted by Crippen LogP contribution is 2.25. The van der Waals surface area contributed by atoms with Gasteiger partial charge in [-0.3, -0.25) is 9.48 Å². The van der Waals surface area contributed by atoms with Crippen molar-refractivity contribution in [1.29, 1.82) is 0 Å². The molecule has 0 aliphatic rings. The molecule has 1 N–H and O–H groups in total. The summed E-state index contributed by atoms with van der Waals surface area (Å²) in [6.07, 6.45) is -1.24. The molecule has 0 aliphatic carbocycles. The quantitative estimate of drug-likeness (QED) is 0.439. The average Bonchev–Trinajstić information content (AvgIpc) is 3.08. The number of nitrogens with zero attached hydrogens (tertiary/aromatic N) is 4. The second kappa shape index (κ2) is 9.16. The maximum Gasteiger partial charge on any atom is 0.573 e. The van der Waals surface area contributed by atoms with E-state index in [0.29, 0.717) is 16.5 Å². The number of halogens is 3. The number of carbonyl (C=O) groups is 1. The summed E-state index contributed by atoms with van der Waals surface area (Å²) in [5, 5.41) is 7.43. The van der Waals surface area contributed by atoms with Crippen molar-refractivity contribution in [2.75, 3.05) is 11.1 Å². The van der Waals surface area contributed by atoms with Crippen molar-refractivity contribution < 1.29 is 22.7 Å². The number of hydrogen-bond acceptors (Lipinski definition) is 6. The van der Waals surface area contributed by atoms with E-state index in [1.54, 1.807) is 12.3 Å². The molecule has 1 aromatic carbocycles. The maximum atomic E-state index is 12.2. The van der Waals surface area contributed by atoms with Gasteiger partial charge in [0.1, 0.15) is 5.75 Å². The lowest BCUT2D eigenvalue weighted by molar-refractivity contribution is -0.274. The van der Waals surface area contributed by atoms with Crippen LogP contribution in [0.2, 0.25) is 0 Å². The number of carbonyl (C=O) groups excluding carboxylic acids is 1. The van der Waals surface area contributed by atoms with Gasteiger partial charge in [0.2, 0.25) is 5.91 Å². The molecule has 2 aromatic heterocycles. The zero-order valence-corrected chi connectivity index (χ0v) is 16.9. The fourth-order valence-corrected chi connectivity index (χ4v) is 3.19. The molecule has 0 saturated heterocycles. The Morgan fingerprint density at radius 2 is 1.97 bits per heavy atom. The molecule has 3 rings (SSSR count). The van der Waals surface area contributed by atoms with Gasteiger partial charge in [-0.1, -0.05) is 11.8 Å². The van der Waals surface area contributed by atoms with Crippen LogP contribution in [-0.4, -0.2) is 37.8 Å². The van der Waals surface area contributed by atoms with Gasteiger partial charge in [0.25, 0.3) is 0 Å². The van der Waals surface area contributed by atoms with E-state index in [1.165, 1.54) is 12.1 Å². The number of rotatable bonds is 7. The first kappa shape index (κ1) is 21.6. The molecule has 0 saturated carbocycles. The first-order valence-electron chi connectivity index (χ1n) is 8.89. The number of amides is 1. The number of alkyl halides is 3. The van der Waals surface area contributed by atoms with Crippen LogP contribution in [0.1, 0.15) is 12.6 Å². The molecule has 0 fully saturated rings. The molecular weight excluding hydrogens is 419 g/mol. The summed E-state index contributed by atoms with van der Waals surface area (Å²) in [6, 6.07) is 6.69. The number of ether oxygens (including phenoxy) is 1. The van der Waals surface area contributed by atoms with E-state index in [2.05, 4.69) is 25.1 Å². The summed E-state index contributed by atoms with van der Waals surface area (Å²) in [7, 11) is 0. The third-order valence-electron chi connectivity index (χ3n) is 3.88. The van der Waals surface area contributed by atoms with Crippen molar-refractivity contribution in [3.05, 3.63) is 48.4 Å². The second-order valence-corrected chi connectivity index (χ2v) is 7.06. The van der Waals surface area contributed by atoms with Crippen LogP contribution in [0.3, 0.4) is 0 Å². The van der Waals surface area contributed by atoms with Crippen LogP contribution in [-0.2, 0) is 11.3 Å². The standard InChI is InChI=1S/C19H18F3N5O2S/c1-3-27-10-15(12(2)26-27)16-8-9-23-18(25-16)30-11-17(28)24-13-4-6-14(7-5-13)29-19(20,21)22/h4-10H,3,11H2,1-2H3,(H,24,28). The van der Waals surface area contributed by atoms with Gasteiger partial charge in [-0.25, -0.2) is 9.97 Å². The highest BCUT2D eigenvalue weighted by atomic mass is 32.2. The van der Waals surface area contributed by atoms with Gasteiger partial charge in [0, 0.05) is 30.2 Å². The molecule has 11 heteroatoms. The smallest absolute Gasteiger partial charge is 0.406 e. The van der Waals surface area contributed by atoms with Crippen molar-refractivity contribution in [2.24, 2.45) is 0 Å². The minimum Gasteiger partial charge on any atom is -0.406 e. The number of aromatic nitrogens is 4. The number of anilines is 1. The predicted molar refractivity (Wildman–Crippen MR) is 106 cm³/mol. The fraction of sp³-hybridized carbons (Fsp3) is 0.263. The number of aryl methyl sites for hydroxylation is 2. The van der Waals surface area contributed by atoms with Crippen molar-refractivity contribution in [1.82, 2.24) is 19.7 Å². The molecule has 0 atom stereocenters. The molecule has 158 valence electrons. The van der Waals surface area contributed by atoms with Gasteiger partial charge in [-0.15, -0.1) is 13.2 Å². The SMILES string of the molecule is CCn1cc(-c2ccnc(SCC(=O)Nc3ccc(OC(F)(F)F)cc3)n2)c(C)n1. The Labute approximate surface area is 174 Å². The molecule has 0 bridgehead atoms. The summed E-state index contributed by atoms with van der Waals surface area (Å²) in [4.78, 5) is 20.8. The summed E-state index contributed by atoms with van der Waals surface area (Å²) >= 11 is 1.15. The van der Waals surface area contributed by atoms with Gasteiger partial charge in [0.15, 0.2) is 5.16 Å². The number of hydrogen-bond donors (Lipinski definition) is 1. The van der Waals surface area contributed by atoms with Gasteiger partial charge >= 0.3 is 6.36 Å². The Morgan fingerprint density at radius 1 is 1.23 bits per heavy atom. The number of thioether (sulfide) groups is 1. The fourth-order valence-electron chi connectivity index (χ4n) is 2.56. The number of benzene rings is 1. The first-order chi connectivity index (χ1) is 14.2. The average molecular weight is 437 g/mol. The first-order valence-corrected chi connectivity index (χ1v) is 9.88. The summed E-state index contributed by atoms with van der Waals surface area (Å²) in [5.41, 5.74) is 2.81. The number of nitrogens with one attached hydrogen (secondary N) is 1. The van der Waals surface area contributed by atoms with E-state index in [1.807, 2.05) is 24.7 Å². The lowest BCUT2D eigenvalue weighted by atomic mass is 10.2. The normalized spacial score (nSPS) is 11.4. The Kier molecular flexibility index (Phi) is 6.60. The van der Waals surface area contributed by atoms with Gasteiger partial charge in [-0.2, -0.15) is 5.10 Å². The van der Waals surface area contributed by atoms with E-state index in [-0.39, 0.29) is 17.4 Å². The molecule has 30 heavy (non-hydrogen) atoms. The van der Waals surface area contributed by atoms with E-state index in [9.17, 15) is 18.0 Å². The Morgan fingerprint density at radius 3 is 2.60 bits per heavy atom. The molecule has 0 unspecified atom stereocenters. The van der Waals surface area contributed by atoms with Gasteiger partial charge in [0.05, 0.1) is 17.1 Å². The summed E-state index contributed by atoms with van der Waals surface area (Å²) in [6.45, 7) is 4.64. The minimum absolute atomic E-state index is 0.0391. The van der Waals surface area contributed by atoms with E-state index in [4.69, 9.17) is 0 Å². The monoisotopic (exact) mass is 437 g/mol. The van der Waals surface area contributed by atoms with Crippen LogP contribution < -0.4 is 10.1 Å². The topological polar surface area (TPSA) is 81.9 Å². The van der Waals surface area contributed by atoms with E-state index < -0.39 is 6.36 Å². The van der Waals surface area contributed by atoms with Gasteiger partial charge in [-0.05, 0) is 44.2 Å². The van der Waals surface area contributed by atoms with Gasteiger partial charge < -0.3 is 10.1 Å². The van der Waals surface area contributed by atoms with Crippen molar-refractivity contribution in [2.45, 2.75) is 31.9 Å². The van der Waals surface area contributed by atoms with E-state index in [0.717, 1.165) is 41.7 Å². The highest BCUT2D eigenvalue weighted by molar-refractivity contribution is 7.99. The lowest BCUT2D eigenvalue weighted by Crippen LogP contribution is -2.17. The highest BCUT2D eigenvalue weighted by Gasteiger charge is 2.30. The van der Waals surface area contributed by atoms with Crippen molar-refractivity contribution in [3.63, 3.8) is 0 Å². The molecule has 2 heterocycles. The summed E-state index contributed by atoms with van der Waals surface area (Å²) < 4.78 is 42.2. The Bertz CT molecular complexity index is 1020. The zero-order chi connectivity index (χ0) is 21.7. The van der Waals surface area contributed by atoms with Crippen LogP contribution in [0.4, 0.5) is 18.9 Å². The second-order valence-electron chi connectivity index (χ2n) is 6.12. The van der Waals surface area contributed by atoms with Crippen molar-refractivity contribution >= 4 is 23.4 Å². The van der Waals surface area contributed by atoms with E-state index >= 15 is 0 Å². The largest absolute Gasteiger partial charge is 0.573 e. The Balaban J connectivity index is 1.58. The zero-order valence-electron chi connectivity index (χ0n) is 16.1. The maximum absolute atomic E-state index is 12.2. The van der Waals surface area contributed by atoms with Crippen LogP contribution in [0, 0.1) is 6.92 Å². The Hall–Kier alpha value is -3.08. The van der Waals surface area contributed by atoms with Crippen molar-refractivity contribution in [3.8, 4) is 17.0 Å². The molecule has 3 aromatic rings. The molecule has 7 nitrogen and oxygen atoms in total. The third kappa shape index (κ3) is 5.96. The molecule has 0 spiro atoms. The van der Waals surface area contributed by atoms with Crippen LogP contribution >= 0.6 is 11.8 Å². The molecule has 0 aliphatic heterocycles. The molecular formula is C19H18F3N5O2S. The van der Waals surface area contributed by atoms with Crippen LogP contribution in [0.15, 0.2) is 47.9 Å². The van der Waals surface area contributed by atoms with Crippen LogP contribution in [0.25, 0.3) is 11.3 Å². The molecule has 1 amide bonds. The van der Waals surface area contributed by atoms with Crippen LogP contribution in [0.5, 0.6) is 5.75 Å².